The predicted molar refractivity (Wildman–Crippen MR) is 58.0 cm³/mol. The van der Waals surface area contributed by atoms with E-state index in [1.54, 1.807) is 0 Å². The van der Waals surface area contributed by atoms with Gasteiger partial charge in [0, 0.05) is 12.6 Å². The molecule has 13 heavy (non-hydrogen) atoms. The van der Waals surface area contributed by atoms with Gasteiger partial charge in [0.15, 0.2) is 0 Å². The second kappa shape index (κ2) is 5.40. The van der Waals surface area contributed by atoms with E-state index in [0.717, 1.165) is 12.6 Å². The van der Waals surface area contributed by atoms with Gasteiger partial charge in [0.1, 0.15) is 0 Å². The standard InChI is InChI=1S/C11H22N2/c1-10(2)4-7-13-8-5-11(12-3)6-9-13/h4,11-12H,5-9H2,1-3H3. The minimum atomic E-state index is 0.753. The van der Waals surface area contributed by atoms with E-state index in [2.05, 4.69) is 37.2 Å². The smallest absolute Gasteiger partial charge is 0.0165 e. The molecule has 0 saturated carbocycles. The molecule has 0 atom stereocenters. The van der Waals surface area contributed by atoms with E-state index in [0.29, 0.717) is 0 Å². The van der Waals surface area contributed by atoms with Gasteiger partial charge in [-0.3, -0.25) is 4.90 Å². The summed E-state index contributed by atoms with van der Waals surface area (Å²) in [5, 5.41) is 3.35. The average Bonchev–Trinajstić information content (AvgIpc) is 2.15. The molecular formula is C11H22N2. The first kappa shape index (κ1) is 10.7. The summed E-state index contributed by atoms with van der Waals surface area (Å²) in [5.41, 5.74) is 1.43. The fourth-order valence-corrected chi connectivity index (χ4v) is 1.72. The van der Waals surface area contributed by atoms with E-state index in [-0.39, 0.29) is 0 Å². The molecule has 1 aliphatic rings. The number of allylic oxidation sites excluding steroid dienone is 1. The van der Waals surface area contributed by atoms with Crippen LogP contribution in [0, 0.1) is 0 Å². The van der Waals surface area contributed by atoms with Crippen molar-refractivity contribution in [2.75, 3.05) is 26.7 Å². The van der Waals surface area contributed by atoms with Crippen molar-refractivity contribution >= 4 is 0 Å². The highest BCUT2D eigenvalue weighted by Gasteiger charge is 2.15. The molecule has 0 spiro atoms. The van der Waals surface area contributed by atoms with Crippen molar-refractivity contribution in [1.82, 2.24) is 10.2 Å². The predicted octanol–water partition coefficient (Wildman–Crippen LogP) is 1.64. The van der Waals surface area contributed by atoms with Crippen LogP contribution in [0.4, 0.5) is 0 Å². The molecule has 0 radical (unpaired) electrons. The second-order valence-corrected chi connectivity index (χ2v) is 4.15. The van der Waals surface area contributed by atoms with Gasteiger partial charge in [0.05, 0.1) is 0 Å². The van der Waals surface area contributed by atoms with Crippen LogP contribution in [0.2, 0.25) is 0 Å². The van der Waals surface area contributed by atoms with Gasteiger partial charge >= 0.3 is 0 Å². The molecule has 0 aromatic carbocycles. The van der Waals surface area contributed by atoms with Crippen LogP contribution in [0.1, 0.15) is 26.7 Å². The Hall–Kier alpha value is -0.340. The molecule has 1 heterocycles. The molecule has 0 amide bonds. The van der Waals surface area contributed by atoms with Crippen molar-refractivity contribution in [2.45, 2.75) is 32.7 Å². The van der Waals surface area contributed by atoms with Crippen LogP contribution >= 0.6 is 0 Å². The molecule has 1 rings (SSSR count). The van der Waals surface area contributed by atoms with E-state index in [9.17, 15) is 0 Å². The van der Waals surface area contributed by atoms with Crippen LogP contribution in [0.25, 0.3) is 0 Å². The monoisotopic (exact) mass is 182 g/mol. The Morgan fingerprint density at radius 2 is 2.00 bits per heavy atom. The molecule has 2 nitrogen and oxygen atoms in total. The second-order valence-electron chi connectivity index (χ2n) is 4.15. The van der Waals surface area contributed by atoms with Gasteiger partial charge in [-0.05, 0) is 46.8 Å². The summed E-state index contributed by atoms with van der Waals surface area (Å²) in [6, 6.07) is 0.753. The van der Waals surface area contributed by atoms with E-state index >= 15 is 0 Å². The van der Waals surface area contributed by atoms with Crippen LogP contribution in [-0.4, -0.2) is 37.6 Å². The lowest BCUT2D eigenvalue weighted by molar-refractivity contribution is 0.220. The normalized spacial score (nSPS) is 20.2. The van der Waals surface area contributed by atoms with Crippen molar-refractivity contribution in [3.05, 3.63) is 11.6 Å². The zero-order valence-corrected chi connectivity index (χ0v) is 9.14. The summed E-state index contributed by atoms with van der Waals surface area (Å²) < 4.78 is 0. The van der Waals surface area contributed by atoms with Crippen molar-refractivity contribution in [2.24, 2.45) is 0 Å². The molecule has 0 unspecified atom stereocenters. The van der Waals surface area contributed by atoms with E-state index in [4.69, 9.17) is 0 Å². The lowest BCUT2D eigenvalue weighted by Gasteiger charge is -2.30. The van der Waals surface area contributed by atoms with Gasteiger partial charge in [0.2, 0.25) is 0 Å². The summed E-state index contributed by atoms with van der Waals surface area (Å²) in [6.45, 7) is 7.96. The van der Waals surface area contributed by atoms with Crippen LogP contribution < -0.4 is 5.32 Å². The number of piperidine rings is 1. The Kier molecular flexibility index (Phi) is 4.46. The maximum absolute atomic E-state index is 3.35. The van der Waals surface area contributed by atoms with Crippen molar-refractivity contribution in [3.8, 4) is 0 Å². The van der Waals surface area contributed by atoms with Gasteiger partial charge in [-0.15, -0.1) is 0 Å². The zero-order chi connectivity index (χ0) is 9.68. The first-order valence-electron chi connectivity index (χ1n) is 5.25. The highest BCUT2D eigenvalue weighted by atomic mass is 15.1. The van der Waals surface area contributed by atoms with Gasteiger partial charge in [-0.2, -0.15) is 0 Å². The molecule has 0 bridgehead atoms. The van der Waals surface area contributed by atoms with Gasteiger partial charge < -0.3 is 5.32 Å². The Morgan fingerprint density at radius 3 is 2.46 bits per heavy atom. The molecule has 1 saturated heterocycles. The maximum atomic E-state index is 3.35. The van der Waals surface area contributed by atoms with E-state index in [1.165, 1.54) is 31.5 Å². The fourth-order valence-electron chi connectivity index (χ4n) is 1.72. The van der Waals surface area contributed by atoms with Crippen LogP contribution in [0.3, 0.4) is 0 Å². The summed E-state index contributed by atoms with van der Waals surface area (Å²) in [6.07, 6.45) is 4.92. The summed E-state index contributed by atoms with van der Waals surface area (Å²) in [4.78, 5) is 2.53. The Labute approximate surface area is 82.0 Å². The molecule has 0 aliphatic carbocycles. The summed E-state index contributed by atoms with van der Waals surface area (Å²) in [5.74, 6) is 0. The highest BCUT2D eigenvalue weighted by molar-refractivity contribution is 4.95. The van der Waals surface area contributed by atoms with Gasteiger partial charge in [-0.1, -0.05) is 11.6 Å². The summed E-state index contributed by atoms with van der Waals surface area (Å²) >= 11 is 0. The zero-order valence-electron chi connectivity index (χ0n) is 9.14. The Balaban J connectivity index is 2.21. The number of hydrogen-bond donors (Lipinski definition) is 1. The number of nitrogens with one attached hydrogen (secondary N) is 1. The van der Waals surface area contributed by atoms with Crippen LogP contribution in [-0.2, 0) is 0 Å². The lowest BCUT2D eigenvalue weighted by atomic mass is 10.1. The third-order valence-electron chi connectivity index (χ3n) is 2.75. The SMILES string of the molecule is CNC1CCN(CC=C(C)C)CC1. The Morgan fingerprint density at radius 1 is 1.38 bits per heavy atom. The highest BCUT2D eigenvalue weighted by Crippen LogP contribution is 2.09. The first-order chi connectivity index (χ1) is 6.22. The number of rotatable bonds is 3. The molecule has 0 aromatic rings. The van der Waals surface area contributed by atoms with Gasteiger partial charge in [-0.25, -0.2) is 0 Å². The quantitative estimate of drug-likeness (QED) is 0.667. The van der Waals surface area contributed by atoms with Crippen LogP contribution in [0.15, 0.2) is 11.6 Å². The van der Waals surface area contributed by atoms with Crippen molar-refractivity contribution in [3.63, 3.8) is 0 Å². The molecule has 1 fully saturated rings. The minimum Gasteiger partial charge on any atom is -0.317 e. The number of likely N-dealkylation sites (tertiary alicyclic amines) is 1. The number of hydrogen-bond acceptors (Lipinski definition) is 2. The maximum Gasteiger partial charge on any atom is 0.0165 e. The van der Waals surface area contributed by atoms with Crippen molar-refractivity contribution in [1.29, 1.82) is 0 Å². The molecule has 76 valence electrons. The van der Waals surface area contributed by atoms with E-state index in [1.807, 2.05) is 0 Å². The van der Waals surface area contributed by atoms with E-state index < -0.39 is 0 Å². The average molecular weight is 182 g/mol. The first-order valence-corrected chi connectivity index (χ1v) is 5.25. The lowest BCUT2D eigenvalue weighted by Crippen LogP contribution is -2.41. The third kappa shape index (κ3) is 3.92. The third-order valence-corrected chi connectivity index (χ3v) is 2.75. The van der Waals surface area contributed by atoms with Crippen LogP contribution in [0.5, 0.6) is 0 Å². The summed E-state index contributed by atoms with van der Waals surface area (Å²) in [7, 11) is 2.07. The molecule has 1 aliphatic heterocycles. The minimum absolute atomic E-state index is 0.753. The fraction of sp³-hybridized carbons (Fsp3) is 0.818. The largest absolute Gasteiger partial charge is 0.317 e. The molecular weight excluding hydrogens is 160 g/mol. The molecule has 2 heteroatoms. The van der Waals surface area contributed by atoms with Crippen molar-refractivity contribution < 1.29 is 0 Å². The Bertz CT molecular complexity index is 163. The van der Waals surface area contributed by atoms with Gasteiger partial charge in [0.25, 0.3) is 0 Å². The topological polar surface area (TPSA) is 15.3 Å². The number of nitrogens with zero attached hydrogens (tertiary/aromatic N) is 1. The molecule has 0 aromatic heterocycles. The molecule has 1 N–H and O–H groups in total.